The number of amides is 3. The van der Waals surface area contributed by atoms with E-state index in [4.69, 9.17) is 4.74 Å². The summed E-state index contributed by atoms with van der Waals surface area (Å²) in [7, 11) is 0. The van der Waals surface area contributed by atoms with Crippen molar-refractivity contribution >= 4 is 23.4 Å². The topological polar surface area (TPSA) is 91.0 Å². The maximum Gasteiger partial charge on any atom is 0.246 e. The average molecular weight is 577 g/mol. The molecule has 8 heteroatoms. The number of nitrogens with one attached hydrogen (secondary N) is 2. The Morgan fingerprint density at radius 2 is 1.79 bits per heavy atom. The number of nitrogens with zero attached hydrogens (tertiary/aromatic N) is 2. The van der Waals surface area contributed by atoms with Gasteiger partial charge in [0.25, 0.3) is 0 Å². The third-order valence-electron chi connectivity index (χ3n) is 10.3. The monoisotopic (exact) mass is 576 g/mol. The second-order valence-electron chi connectivity index (χ2n) is 13.7. The number of hydrogen-bond donors (Lipinski definition) is 2. The van der Waals surface area contributed by atoms with Gasteiger partial charge in [0.1, 0.15) is 11.6 Å². The van der Waals surface area contributed by atoms with Crippen LogP contribution < -0.4 is 10.6 Å². The number of rotatable bonds is 9. The molecule has 1 aromatic rings. The predicted octanol–water partition coefficient (Wildman–Crippen LogP) is 4.47. The lowest BCUT2D eigenvalue weighted by atomic mass is 9.74. The van der Waals surface area contributed by atoms with Crippen LogP contribution in [-0.2, 0) is 19.1 Å². The van der Waals surface area contributed by atoms with Gasteiger partial charge in [-0.25, -0.2) is 0 Å². The van der Waals surface area contributed by atoms with Gasteiger partial charge >= 0.3 is 0 Å². The Morgan fingerprint density at radius 1 is 1.02 bits per heavy atom. The van der Waals surface area contributed by atoms with E-state index in [1.54, 1.807) is 4.90 Å². The molecule has 1 aromatic carbocycles. The lowest BCUT2D eigenvalue weighted by molar-refractivity contribution is -0.141. The molecule has 8 nitrogen and oxygen atoms in total. The molecule has 4 aliphatic heterocycles. The summed E-state index contributed by atoms with van der Waals surface area (Å²) >= 11 is 0. The number of carbonyl (C=O) groups excluding carboxylic acids is 3. The molecule has 228 valence electrons. The Balaban J connectivity index is 1.22. The molecule has 6 atom stereocenters. The molecule has 6 rings (SSSR count). The Morgan fingerprint density at radius 3 is 2.50 bits per heavy atom. The fourth-order valence-electron chi connectivity index (χ4n) is 8.17. The van der Waals surface area contributed by atoms with E-state index in [9.17, 15) is 14.4 Å². The van der Waals surface area contributed by atoms with Gasteiger partial charge < -0.3 is 25.2 Å². The largest absolute Gasteiger partial charge is 0.359 e. The molecule has 2 N–H and O–H groups in total. The molecule has 2 bridgehead atoms. The Kier molecular flexibility index (Phi) is 8.47. The number of carbonyl (C=O) groups is 3. The van der Waals surface area contributed by atoms with Crippen molar-refractivity contribution in [2.75, 3.05) is 31.5 Å². The lowest BCUT2D eigenvalue weighted by Crippen LogP contribution is -2.56. The number of hydrogen-bond acceptors (Lipinski definition) is 5. The molecule has 4 heterocycles. The third-order valence-corrected chi connectivity index (χ3v) is 10.3. The summed E-state index contributed by atoms with van der Waals surface area (Å²) in [5, 5.41) is 6.34. The normalized spacial score (nSPS) is 32.9. The van der Waals surface area contributed by atoms with E-state index in [-0.39, 0.29) is 23.8 Å². The fraction of sp³-hybridized carbons (Fsp3) is 0.676. The lowest BCUT2D eigenvalue weighted by Gasteiger charge is -2.35. The van der Waals surface area contributed by atoms with Crippen LogP contribution in [0.5, 0.6) is 0 Å². The van der Waals surface area contributed by atoms with Crippen molar-refractivity contribution in [1.82, 2.24) is 15.1 Å². The average Bonchev–Trinajstić information content (AvgIpc) is 3.61. The fourth-order valence-corrected chi connectivity index (χ4v) is 8.17. The predicted molar refractivity (Wildman–Crippen MR) is 163 cm³/mol. The van der Waals surface area contributed by atoms with Crippen molar-refractivity contribution in [2.45, 2.75) is 102 Å². The summed E-state index contributed by atoms with van der Waals surface area (Å²) in [6, 6.07) is 7.24. The molecule has 1 spiro atoms. The van der Waals surface area contributed by atoms with Crippen molar-refractivity contribution in [2.24, 2.45) is 17.8 Å². The zero-order valence-corrected chi connectivity index (χ0v) is 25.5. The van der Waals surface area contributed by atoms with E-state index in [1.807, 2.05) is 36.4 Å². The van der Waals surface area contributed by atoms with Crippen LogP contribution in [0.2, 0.25) is 0 Å². The van der Waals surface area contributed by atoms with Gasteiger partial charge in [-0.05, 0) is 74.7 Å². The highest BCUT2D eigenvalue weighted by molar-refractivity contribution is 6.02. The second kappa shape index (κ2) is 12.1. The molecule has 4 unspecified atom stereocenters. The van der Waals surface area contributed by atoms with Crippen LogP contribution in [0.1, 0.15) is 83.6 Å². The summed E-state index contributed by atoms with van der Waals surface area (Å²) in [6.07, 6.45) is 11.9. The van der Waals surface area contributed by atoms with Crippen molar-refractivity contribution in [3.8, 4) is 0 Å². The van der Waals surface area contributed by atoms with Crippen molar-refractivity contribution in [3.05, 3.63) is 42.0 Å². The molecule has 42 heavy (non-hydrogen) atoms. The molecule has 3 amide bonds. The van der Waals surface area contributed by atoms with Crippen molar-refractivity contribution in [1.29, 1.82) is 0 Å². The van der Waals surface area contributed by atoms with Gasteiger partial charge in [-0.2, -0.15) is 0 Å². The Bertz CT molecular complexity index is 1190. The summed E-state index contributed by atoms with van der Waals surface area (Å²) in [6.45, 7) is 10.1. The number of ether oxygens (including phenoxy) is 1. The highest BCUT2D eigenvalue weighted by Gasteiger charge is 2.72. The molecule has 5 aliphatic rings. The van der Waals surface area contributed by atoms with Crippen LogP contribution in [0, 0.1) is 17.8 Å². The quantitative estimate of drug-likeness (QED) is 0.424. The first-order valence-corrected chi connectivity index (χ1v) is 16.4. The van der Waals surface area contributed by atoms with Crippen LogP contribution in [0.15, 0.2) is 36.4 Å². The molecule has 0 radical (unpaired) electrons. The zero-order valence-electron chi connectivity index (χ0n) is 25.5. The summed E-state index contributed by atoms with van der Waals surface area (Å²) in [4.78, 5) is 46.3. The summed E-state index contributed by atoms with van der Waals surface area (Å²) < 4.78 is 6.53. The van der Waals surface area contributed by atoms with E-state index < -0.39 is 29.6 Å². The number of likely N-dealkylation sites (tertiary alicyclic amines) is 2. The Hall–Kier alpha value is -2.71. The standard InChI is InChI=1S/C34H48N4O4/c1-22(2)24-12-14-26(15-13-24)35-31(39)28-27-16-17-34(42-27)29(28)33(41)38(20-8-19-37-18-7-9-23(3)21-37)30(34)32(40)36-25-10-5-4-6-11-25/h12-17,22-23,25,27-30H,4-11,18-21H2,1-3H3,(H,35,39)(H,36,40)/t23?,27-,28?,29-,30?,34?/m0/s1. The first kappa shape index (κ1) is 29.4. The first-order valence-electron chi connectivity index (χ1n) is 16.4. The molecular weight excluding hydrogens is 528 g/mol. The minimum Gasteiger partial charge on any atom is -0.359 e. The smallest absolute Gasteiger partial charge is 0.246 e. The van der Waals surface area contributed by atoms with Gasteiger partial charge in [0.2, 0.25) is 17.7 Å². The molecule has 1 aliphatic carbocycles. The maximum atomic E-state index is 14.2. The van der Waals surface area contributed by atoms with Gasteiger partial charge in [-0.1, -0.05) is 64.3 Å². The van der Waals surface area contributed by atoms with Gasteiger partial charge in [0, 0.05) is 24.8 Å². The minimum absolute atomic E-state index is 0.129. The van der Waals surface area contributed by atoms with Crippen molar-refractivity contribution in [3.63, 3.8) is 0 Å². The maximum absolute atomic E-state index is 14.2. The number of benzene rings is 1. The number of fused-ring (bicyclic) bond motifs is 1. The molecule has 3 saturated heterocycles. The van der Waals surface area contributed by atoms with Crippen LogP contribution in [0.3, 0.4) is 0 Å². The van der Waals surface area contributed by atoms with Gasteiger partial charge in [0.05, 0.1) is 17.9 Å². The van der Waals surface area contributed by atoms with Gasteiger partial charge in [0.15, 0.2) is 0 Å². The SMILES string of the molecule is CC1CCCN(CCCN2C(=O)[C@@H]3C(C(=O)Nc4ccc(C(C)C)cc4)[C@@H]4C=CC3(O4)C2C(=O)NC2CCCCC2)C1. The van der Waals surface area contributed by atoms with E-state index in [2.05, 4.69) is 36.3 Å². The van der Waals surface area contributed by atoms with Gasteiger partial charge in [-0.3, -0.25) is 14.4 Å². The van der Waals surface area contributed by atoms with E-state index in [1.165, 1.54) is 24.8 Å². The summed E-state index contributed by atoms with van der Waals surface area (Å²) in [5.41, 5.74) is 0.796. The molecular formula is C34H48N4O4. The number of piperidine rings is 1. The van der Waals surface area contributed by atoms with Crippen LogP contribution in [0.25, 0.3) is 0 Å². The van der Waals surface area contributed by atoms with E-state index in [0.29, 0.717) is 24.1 Å². The van der Waals surface area contributed by atoms with E-state index in [0.717, 1.165) is 51.7 Å². The van der Waals surface area contributed by atoms with Crippen LogP contribution in [-0.4, -0.2) is 77.5 Å². The second-order valence-corrected chi connectivity index (χ2v) is 13.7. The summed E-state index contributed by atoms with van der Waals surface area (Å²) in [5.74, 6) is -0.791. The highest BCUT2D eigenvalue weighted by Crippen LogP contribution is 2.55. The zero-order chi connectivity index (χ0) is 29.4. The van der Waals surface area contributed by atoms with Crippen molar-refractivity contribution < 1.29 is 19.1 Å². The molecule has 1 saturated carbocycles. The molecule has 0 aromatic heterocycles. The Labute approximate surface area is 250 Å². The minimum atomic E-state index is -1.11. The first-order chi connectivity index (χ1) is 20.3. The molecule has 4 fully saturated rings. The third kappa shape index (κ3) is 5.52. The number of anilines is 1. The van der Waals surface area contributed by atoms with E-state index >= 15 is 0 Å². The van der Waals surface area contributed by atoms with Crippen LogP contribution >= 0.6 is 0 Å². The highest BCUT2D eigenvalue weighted by atomic mass is 16.5. The van der Waals surface area contributed by atoms with Gasteiger partial charge in [-0.15, -0.1) is 0 Å². The van der Waals surface area contributed by atoms with Crippen LogP contribution in [0.4, 0.5) is 5.69 Å².